The fourth-order valence-corrected chi connectivity index (χ4v) is 1.58. The Kier molecular flexibility index (Phi) is 4.55. The Bertz CT molecular complexity index is 522. The van der Waals surface area contributed by atoms with Crippen LogP contribution in [0.25, 0.3) is 0 Å². The molecule has 100 valence electrons. The number of carbonyl (C=O) groups excluding carboxylic acids is 1. The Morgan fingerprint density at radius 3 is 2.84 bits per heavy atom. The summed E-state index contributed by atoms with van der Waals surface area (Å²) < 4.78 is 12.1. The zero-order valence-electron chi connectivity index (χ0n) is 10.8. The standard InChI is InChI=1S/C14H16N2O3/c1-2-18-14(17)12-10-15-16(11-12)8-9-19-13-6-4-3-5-7-13/h3-7,10-11H,2,8-9H2,1H3. The van der Waals surface area contributed by atoms with Crippen LogP contribution in [0.4, 0.5) is 0 Å². The monoisotopic (exact) mass is 260 g/mol. The zero-order chi connectivity index (χ0) is 13.5. The summed E-state index contributed by atoms with van der Waals surface area (Å²) in [5.41, 5.74) is 0.460. The molecule has 1 aromatic heterocycles. The molecule has 2 rings (SSSR count). The lowest BCUT2D eigenvalue weighted by Gasteiger charge is -2.05. The Hall–Kier alpha value is -2.30. The maximum atomic E-state index is 11.4. The molecule has 1 heterocycles. The highest BCUT2D eigenvalue weighted by Gasteiger charge is 2.08. The van der Waals surface area contributed by atoms with Gasteiger partial charge in [-0.05, 0) is 19.1 Å². The highest BCUT2D eigenvalue weighted by atomic mass is 16.5. The van der Waals surface area contributed by atoms with Crippen molar-refractivity contribution in [1.29, 1.82) is 0 Å². The predicted octanol–water partition coefficient (Wildman–Crippen LogP) is 2.14. The van der Waals surface area contributed by atoms with Gasteiger partial charge in [-0.3, -0.25) is 4.68 Å². The third-order valence-corrected chi connectivity index (χ3v) is 2.48. The van der Waals surface area contributed by atoms with E-state index in [9.17, 15) is 4.79 Å². The summed E-state index contributed by atoms with van der Waals surface area (Å²) >= 11 is 0. The van der Waals surface area contributed by atoms with Crippen LogP contribution in [0.15, 0.2) is 42.7 Å². The fourth-order valence-electron chi connectivity index (χ4n) is 1.58. The molecule has 0 N–H and O–H groups in total. The number of aromatic nitrogens is 2. The number of benzene rings is 1. The van der Waals surface area contributed by atoms with Crippen LogP contribution in [0, 0.1) is 0 Å². The molecule has 0 saturated carbocycles. The molecule has 0 saturated heterocycles. The smallest absolute Gasteiger partial charge is 0.341 e. The summed E-state index contributed by atoms with van der Waals surface area (Å²) in [5.74, 6) is 0.470. The highest BCUT2D eigenvalue weighted by molar-refractivity contribution is 5.88. The van der Waals surface area contributed by atoms with Crippen LogP contribution in [0.2, 0.25) is 0 Å². The molecule has 0 radical (unpaired) electrons. The van der Waals surface area contributed by atoms with Gasteiger partial charge in [-0.15, -0.1) is 0 Å². The molecule has 0 amide bonds. The number of nitrogens with zero attached hydrogens (tertiary/aromatic N) is 2. The second-order valence-electron chi connectivity index (χ2n) is 3.87. The van der Waals surface area contributed by atoms with Crippen LogP contribution >= 0.6 is 0 Å². The second-order valence-corrected chi connectivity index (χ2v) is 3.87. The van der Waals surface area contributed by atoms with E-state index in [0.29, 0.717) is 25.3 Å². The average Bonchev–Trinajstić information content (AvgIpc) is 2.89. The highest BCUT2D eigenvalue weighted by Crippen LogP contribution is 2.08. The van der Waals surface area contributed by atoms with E-state index in [4.69, 9.17) is 9.47 Å². The third kappa shape index (κ3) is 3.84. The summed E-state index contributed by atoms with van der Waals surface area (Å²) in [4.78, 5) is 11.4. The van der Waals surface area contributed by atoms with Crippen molar-refractivity contribution in [2.24, 2.45) is 0 Å². The molecule has 0 aliphatic carbocycles. The molecule has 1 aromatic carbocycles. The quantitative estimate of drug-likeness (QED) is 0.747. The summed E-state index contributed by atoms with van der Waals surface area (Å²) in [6, 6.07) is 9.57. The summed E-state index contributed by atoms with van der Waals surface area (Å²) in [6.45, 7) is 3.21. The van der Waals surface area contributed by atoms with Crippen molar-refractivity contribution in [2.75, 3.05) is 13.2 Å². The van der Waals surface area contributed by atoms with E-state index in [-0.39, 0.29) is 5.97 Å². The SMILES string of the molecule is CCOC(=O)c1cnn(CCOc2ccccc2)c1. The maximum absolute atomic E-state index is 11.4. The summed E-state index contributed by atoms with van der Waals surface area (Å²) in [7, 11) is 0. The van der Waals surface area contributed by atoms with Crippen LogP contribution in [0.3, 0.4) is 0 Å². The molecule has 0 atom stereocenters. The van der Waals surface area contributed by atoms with Crippen molar-refractivity contribution >= 4 is 5.97 Å². The second kappa shape index (κ2) is 6.58. The van der Waals surface area contributed by atoms with Gasteiger partial charge in [0.1, 0.15) is 12.4 Å². The molecule has 0 spiro atoms. The maximum Gasteiger partial charge on any atom is 0.341 e. The van der Waals surface area contributed by atoms with Gasteiger partial charge < -0.3 is 9.47 Å². The summed E-state index contributed by atoms with van der Waals surface area (Å²) in [6.07, 6.45) is 3.16. The zero-order valence-corrected chi connectivity index (χ0v) is 10.8. The van der Waals surface area contributed by atoms with Crippen molar-refractivity contribution in [3.8, 4) is 5.75 Å². The molecule has 5 heteroatoms. The number of esters is 1. The lowest BCUT2D eigenvalue weighted by atomic mass is 10.3. The number of carbonyl (C=O) groups is 1. The Labute approximate surface area is 111 Å². The van der Waals surface area contributed by atoms with Gasteiger partial charge in [-0.1, -0.05) is 18.2 Å². The molecular weight excluding hydrogens is 244 g/mol. The van der Waals surface area contributed by atoms with Crippen LogP contribution in [-0.4, -0.2) is 29.0 Å². The lowest BCUT2D eigenvalue weighted by molar-refractivity contribution is 0.0526. The molecule has 0 aliphatic rings. The lowest BCUT2D eigenvalue weighted by Crippen LogP contribution is -2.08. The number of hydrogen-bond acceptors (Lipinski definition) is 4. The van der Waals surface area contributed by atoms with E-state index in [1.807, 2.05) is 30.3 Å². The van der Waals surface area contributed by atoms with Gasteiger partial charge in [0.05, 0.1) is 24.9 Å². The van der Waals surface area contributed by atoms with Crippen molar-refractivity contribution in [3.05, 3.63) is 48.3 Å². The van der Waals surface area contributed by atoms with E-state index in [1.165, 1.54) is 6.20 Å². The van der Waals surface area contributed by atoms with Crippen LogP contribution in [0.1, 0.15) is 17.3 Å². The first-order valence-corrected chi connectivity index (χ1v) is 6.17. The van der Waals surface area contributed by atoms with Crippen molar-refractivity contribution in [3.63, 3.8) is 0 Å². The molecule has 0 fully saturated rings. The van der Waals surface area contributed by atoms with Gasteiger partial charge >= 0.3 is 5.97 Å². The number of ether oxygens (including phenoxy) is 2. The van der Waals surface area contributed by atoms with Crippen molar-refractivity contribution in [2.45, 2.75) is 13.5 Å². The Balaban J connectivity index is 1.82. The van der Waals surface area contributed by atoms with Crippen molar-refractivity contribution < 1.29 is 14.3 Å². The molecule has 19 heavy (non-hydrogen) atoms. The molecule has 0 unspecified atom stereocenters. The fraction of sp³-hybridized carbons (Fsp3) is 0.286. The first kappa shape index (κ1) is 13.1. The number of para-hydroxylation sites is 1. The van der Waals surface area contributed by atoms with E-state index < -0.39 is 0 Å². The minimum Gasteiger partial charge on any atom is -0.492 e. The van der Waals surface area contributed by atoms with E-state index >= 15 is 0 Å². The number of rotatable bonds is 6. The summed E-state index contributed by atoms with van der Waals surface area (Å²) in [5, 5.41) is 4.09. The van der Waals surface area contributed by atoms with Gasteiger partial charge in [0.25, 0.3) is 0 Å². The van der Waals surface area contributed by atoms with Gasteiger partial charge in [-0.25, -0.2) is 4.79 Å². The van der Waals surface area contributed by atoms with Gasteiger partial charge in [0.15, 0.2) is 0 Å². The molecular formula is C14H16N2O3. The topological polar surface area (TPSA) is 53.3 Å². The van der Waals surface area contributed by atoms with Crippen LogP contribution < -0.4 is 4.74 Å². The van der Waals surface area contributed by atoms with E-state index in [0.717, 1.165) is 5.75 Å². The number of hydrogen-bond donors (Lipinski definition) is 0. The molecule has 0 aliphatic heterocycles. The minimum absolute atomic E-state index is 0.349. The normalized spacial score (nSPS) is 10.2. The molecule has 2 aromatic rings. The van der Waals surface area contributed by atoms with Gasteiger partial charge in [0, 0.05) is 6.20 Å². The van der Waals surface area contributed by atoms with Gasteiger partial charge in [-0.2, -0.15) is 5.10 Å². The van der Waals surface area contributed by atoms with E-state index in [1.54, 1.807) is 17.8 Å². The first-order chi connectivity index (χ1) is 9.29. The molecule has 0 bridgehead atoms. The van der Waals surface area contributed by atoms with Crippen molar-refractivity contribution in [1.82, 2.24) is 9.78 Å². The van der Waals surface area contributed by atoms with E-state index in [2.05, 4.69) is 5.10 Å². The predicted molar refractivity (Wildman–Crippen MR) is 70.1 cm³/mol. The Morgan fingerprint density at radius 2 is 2.11 bits per heavy atom. The van der Waals surface area contributed by atoms with Gasteiger partial charge in [0.2, 0.25) is 0 Å². The minimum atomic E-state index is -0.349. The Morgan fingerprint density at radius 1 is 1.32 bits per heavy atom. The molecule has 5 nitrogen and oxygen atoms in total. The first-order valence-electron chi connectivity index (χ1n) is 6.17. The van der Waals surface area contributed by atoms with Crippen LogP contribution in [-0.2, 0) is 11.3 Å². The average molecular weight is 260 g/mol. The van der Waals surface area contributed by atoms with Crippen LogP contribution in [0.5, 0.6) is 5.75 Å². The largest absolute Gasteiger partial charge is 0.492 e. The third-order valence-electron chi connectivity index (χ3n) is 2.48.